The SMILES string of the molecule is CCc1ccc(OC)c(-c2ccc(C(CC)(CC)c3ccc(/C=C/C(O)(CC)CC)c(C)c3)cc2)c1. The molecule has 0 fully saturated rings. The number of aliphatic hydroxyl groups is 1. The first-order valence-electron chi connectivity index (χ1n) is 13.6. The Balaban J connectivity index is 1.99. The highest BCUT2D eigenvalue weighted by atomic mass is 16.5. The Kier molecular flexibility index (Phi) is 9.19. The lowest BCUT2D eigenvalue weighted by Crippen LogP contribution is -2.26. The predicted molar refractivity (Wildman–Crippen MR) is 155 cm³/mol. The summed E-state index contributed by atoms with van der Waals surface area (Å²) in [5.41, 5.74) is 7.96. The van der Waals surface area contributed by atoms with Gasteiger partial charge in [-0.3, -0.25) is 0 Å². The molecular weight excluding hydrogens is 440 g/mol. The van der Waals surface area contributed by atoms with E-state index >= 15 is 0 Å². The minimum absolute atomic E-state index is 0.0472. The average molecular weight is 485 g/mol. The molecule has 0 unspecified atom stereocenters. The number of benzene rings is 3. The molecule has 0 aliphatic carbocycles. The van der Waals surface area contributed by atoms with Crippen molar-refractivity contribution < 1.29 is 9.84 Å². The molecule has 36 heavy (non-hydrogen) atoms. The van der Waals surface area contributed by atoms with E-state index in [4.69, 9.17) is 4.74 Å². The number of rotatable bonds is 11. The third kappa shape index (κ3) is 5.60. The molecule has 0 heterocycles. The van der Waals surface area contributed by atoms with Crippen molar-refractivity contribution in [2.75, 3.05) is 7.11 Å². The number of hydrogen-bond donors (Lipinski definition) is 1. The second-order valence-electron chi connectivity index (χ2n) is 9.97. The van der Waals surface area contributed by atoms with E-state index in [2.05, 4.69) is 94.4 Å². The zero-order chi connectivity index (χ0) is 26.3. The van der Waals surface area contributed by atoms with Gasteiger partial charge in [-0.1, -0.05) is 95.3 Å². The summed E-state index contributed by atoms with van der Waals surface area (Å²) in [6.45, 7) is 13.0. The third-order valence-corrected chi connectivity index (χ3v) is 8.25. The molecule has 3 aromatic carbocycles. The maximum absolute atomic E-state index is 10.7. The van der Waals surface area contributed by atoms with Crippen LogP contribution in [0.1, 0.15) is 88.1 Å². The Bertz CT molecular complexity index is 1160. The highest BCUT2D eigenvalue weighted by Crippen LogP contribution is 2.41. The van der Waals surface area contributed by atoms with Gasteiger partial charge in [0, 0.05) is 11.0 Å². The Labute approximate surface area is 219 Å². The van der Waals surface area contributed by atoms with Gasteiger partial charge in [-0.25, -0.2) is 0 Å². The van der Waals surface area contributed by atoms with Crippen molar-refractivity contribution in [1.29, 1.82) is 0 Å². The molecule has 0 saturated heterocycles. The lowest BCUT2D eigenvalue weighted by molar-refractivity contribution is 0.0836. The first-order chi connectivity index (χ1) is 17.3. The molecule has 192 valence electrons. The topological polar surface area (TPSA) is 29.5 Å². The molecule has 0 bridgehead atoms. The third-order valence-electron chi connectivity index (χ3n) is 8.25. The van der Waals surface area contributed by atoms with Crippen molar-refractivity contribution in [3.05, 3.63) is 94.6 Å². The summed E-state index contributed by atoms with van der Waals surface area (Å²) in [7, 11) is 1.74. The van der Waals surface area contributed by atoms with Crippen LogP contribution < -0.4 is 4.74 Å². The van der Waals surface area contributed by atoms with Crippen LogP contribution in [0.5, 0.6) is 5.75 Å². The minimum atomic E-state index is -0.733. The van der Waals surface area contributed by atoms with Gasteiger partial charge < -0.3 is 9.84 Å². The Morgan fingerprint density at radius 2 is 1.42 bits per heavy atom. The molecule has 3 rings (SSSR count). The van der Waals surface area contributed by atoms with Crippen molar-refractivity contribution in [3.8, 4) is 16.9 Å². The summed E-state index contributed by atoms with van der Waals surface area (Å²) in [4.78, 5) is 0. The summed E-state index contributed by atoms with van der Waals surface area (Å²) >= 11 is 0. The number of hydrogen-bond acceptors (Lipinski definition) is 2. The van der Waals surface area contributed by atoms with Crippen molar-refractivity contribution in [1.82, 2.24) is 0 Å². The maximum Gasteiger partial charge on any atom is 0.126 e. The van der Waals surface area contributed by atoms with Crippen LogP contribution in [-0.2, 0) is 11.8 Å². The van der Waals surface area contributed by atoms with Crippen molar-refractivity contribution in [2.45, 2.75) is 84.7 Å². The van der Waals surface area contributed by atoms with E-state index in [0.29, 0.717) is 0 Å². The van der Waals surface area contributed by atoms with Crippen LogP contribution in [0.4, 0.5) is 0 Å². The minimum Gasteiger partial charge on any atom is -0.496 e. The van der Waals surface area contributed by atoms with Crippen molar-refractivity contribution >= 4 is 6.08 Å². The largest absolute Gasteiger partial charge is 0.496 e. The molecule has 1 N–H and O–H groups in total. The predicted octanol–water partition coefficient (Wildman–Crippen LogP) is 8.90. The summed E-state index contributed by atoms with van der Waals surface area (Å²) in [5, 5.41) is 10.7. The maximum atomic E-state index is 10.7. The highest BCUT2D eigenvalue weighted by Gasteiger charge is 2.31. The van der Waals surface area contributed by atoms with Gasteiger partial charge in [-0.2, -0.15) is 0 Å². The lowest BCUT2D eigenvalue weighted by atomic mass is 9.70. The normalized spacial score (nSPS) is 12.3. The fourth-order valence-electron chi connectivity index (χ4n) is 5.29. The zero-order valence-electron chi connectivity index (χ0n) is 23.3. The standard InChI is InChI=1S/C34H44O2/c1-8-26-13-20-32(36-7)31(24-26)28-15-17-29(18-16-28)34(11-4,12-5)30-19-14-27(25(6)23-30)21-22-33(35,9-2)10-3/h13-24,35H,8-12H2,1-7H3/b22-21+. The molecule has 2 nitrogen and oxygen atoms in total. The van der Waals surface area contributed by atoms with Gasteiger partial charge in [0.1, 0.15) is 5.75 Å². The van der Waals surface area contributed by atoms with Gasteiger partial charge in [0.25, 0.3) is 0 Å². The van der Waals surface area contributed by atoms with Crippen molar-refractivity contribution in [2.24, 2.45) is 0 Å². The molecule has 0 radical (unpaired) electrons. The van der Waals surface area contributed by atoms with E-state index in [1.165, 1.54) is 33.4 Å². The lowest BCUT2D eigenvalue weighted by Gasteiger charge is -2.34. The van der Waals surface area contributed by atoms with E-state index in [9.17, 15) is 5.11 Å². The van der Waals surface area contributed by atoms with Crippen LogP contribution in [0.3, 0.4) is 0 Å². The van der Waals surface area contributed by atoms with E-state index in [1.54, 1.807) is 7.11 Å². The quantitative estimate of drug-likeness (QED) is 0.294. The molecule has 0 amide bonds. The van der Waals surface area contributed by atoms with Gasteiger partial charge in [0.05, 0.1) is 12.7 Å². The first kappa shape index (κ1) is 27.7. The van der Waals surface area contributed by atoms with E-state index in [1.807, 2.05) is 19.9 Å². The van der Waals surface area contributed by atoms with Gasteiger partial charge in [-0.05, 0) is 84.5 Å². The van der Waals surface area contributed by atoms with Gasteiger partial charge >= 0.3 is 0 Å². The van der Waals surface area contributed by atoms with E-state index < -0.39 is 5.60 Å². The van der Waals surface area contributed by atoms with Gasteiger partial charge in [-0.15, -0.1) is 0 Å². The van der Waals surface area contributed by atoms with Crippen LogP contribution in [0.2, 0.25) is 0 Å². The van der Waals surface area contributed by atoms with Crippen LogP contribution in [0, 0.1) is 6.92 Å². The van der Waals surface area contributed by atoms with Crippen LogP contribution in [-0.4, -0.2) is 17.8 Å². The molecule has 0 atom stereocenters. The summed E-state index contributed by atoms with van der Waals surface area (Å²) in [6, 6.07) is 22.4. The van der Waals surface area contributed by atoms with Crippen LogP contribution >= 0.6 is 0 Å². The summed E-state index contributed by atoms with van der Waals surface area (Å²) < 4.78 is 5.67. The Morgan fingerprint density at radius 3 is 1.94 bits per heavy atom. The van der Waals surface area contributed by atoms with Crippen LogP contribution in [0.15, 0.2) is 66.7 Å². The molecule has 0 spiro atoms. The number of ether oxygens (including phenoxy) is 1. The number of methoxy groups -OCH3 is 1. The Morgan fingerprint density at radius 1 is 0.778 bits per heavy atom. The summed E-state index contributed by atoms with van der Waals surface area (Å²) in [5.74, 6) is 0.912. The second kappa shape index (κ2) is 11.9. The fourth-order valence-corrected chi connectivity index (χ4v) is 5.29. The van der Waals surface area contributed by atoms with Crippen LogP contribution in [0.25, 0.3) is 17.2 Å². The van der Waals surface area contributed by atoms with Gasteiger partial charge in [0.2, 0.25) is 0 Å². The second-order valence-corrected chi connectivity index (χ2v) is 9.97. The molecular formula is C34H44O2. The van der Waals surface area contributed by atoms with E-state index in [-0.39, 0.29) is 5.41 Å². The highest BCUT2D eigenvalue weighted by molar-refractivity contribution is 5.72. The zero-order valence-corrected chi connectivity index (χ0v) is 23.3. The van der Waals surface area contributed by atoms with Gasteiger partial charge in [0.15, 0.2) is 0 Å². The summed E-state index contributed by atoms with van der Waals surface area (Å²) in [6.07, 6.45) is 8.54. The fraction of sp³-hybridized carbons (Fsp3) is 0.412. The van der Waals surface area contributed by atoms with E-state index in [0.717, 1.165) is 43.4 Å². The monoisotopic (exact) mass is 484 g/mol. The average Bonchev–Trinajstić information content (AvgIpc) is 2.93. The van der Waals surface area contributed by atoms with Crippen molar-refractivity contribution in [3.63, 3.8) is 0 Å². The molecule has 2 heteroatoms. The molecule has 3 aromatic rings. The molecule has 0 aliphatic heterocycles. The smallest absolute Gasteiger partial charge is 0.126 e. The molecule has 0 aromatic heterocycles. The number of aryl methyl sites for hydroxylation is 2. The first-order valence-corrected chi connectivity index (χ1v) is 13.6. The molecule has 0 aliphatic rings. The molecule has 0 saturated carbocycles. The Hall–Kier alpha value is -2.84.